The maximum absolute atomic E-state index is 11.1. The molecule has 0 radical (unpaired) electrons. The van der Waals surface area contributed by atoms with Gasteiger partial charge in [0.2, 0.25) is 0 Å². The van der Waals surface area contributed by atoms with Crippen molar-refractivity contribution >= 4 is 11.9 Å². The van der Waals surface area contributed by atoms with Crippen molar-refractivity contribution in [1.82, 2.24) is 0 Å². The highest BCUT2D eigenvalue weighted by atomic mass is 16.3. The van der Waals surface area contributed by atoms with Crippen LogP contribution in [0.25, 0.3) is 6.08 Å². The Bertz CT molecular complexity index is 364. The van der Waals surface area contributed by atoms with Gasteiger partial charge >= 0.3 is 0 Å². The van der Waals surface area contributed by atoms with Gasteiger partial charge in [0.05, 0.1) is 0 Å². The molecule has 0 aromatic heterocycles. The summed E-state index contributed by atoms with van der Waals surface area (Å²) in [5.74, 6) is 0.260. The first-order valence-electron chi connectivity index (χ1n) is 4.64. The number of allylic oxidation sites excluding steroid dienone is 1. The molecule has 74 valence electrons. The fourth-order valence-electron chi connectivity index (χ4n) is 1.25. The topological polar surface area (TPSA) is 37.3 Å². The fourth-order valence-corrected chi connectivity index (χ4v) is 1.25. The summed E-state index contributed by atoms with van der Waals surface area (Å²) in [7, 11) is 0. The van der Waals surface area contributed by atoms with E-state index >= 15 is 0 Å². The Balaban J connectivity index is 3.07. The molecule has 0 aliphatic rings. The normalized spacial score (nSPS) is 11.4. The predicted octanol–water partition coefficient (Wildman–Crippen LogP) is 2.77. The first-order valence-corrected chi connectivity index (χ1v) is 4.64. The van der Waals surface area contributed by atoms with Crippen LogP contribution in [0, 0.1) is 0 Å². The molecule has 0 heterocycles. The summed E-state index contributed by atoms with van der Waals surface area (Å²) in [6.07, 6.45) is 2.42. The lowest BCUT2D eigenvalue weighted by atomic mass is 10.1. The number of hydrogen-bond acceptors (Lipinski definition) is 2. The van der Waals surface area contributed by atoms with E-state index in [9.17, 15) is 9.90 Å². The van der Waals surface area contributed by atoms with Crippen LogP contribution >= 0.6 is 0 Å². The van der Waals surface area contributed by atoms with Crippen LogP contribution in [0.15, 0.2) is 29.8 Å². The van der Waals surface area contributed by atoms with Crippen molar-refractivity contribution in [2.75, 3.05) is 0 Å². The average Bonchev–Trinajstić information content (AvgIpc) is 2.16. The molecule has 1 aromatic rings. The van der Waals surface area contributed by atoms with Gasteiger partial charge in [0.25, 0.3) is 0 Å². The van der Waals surface area contributed by atoms with Crippen molar-refractivity contribution < 1.29 is 9.90 Å². The molecule has 1 rings (SSSR count). The Kier molecular flexibility index (Phi) is 3.46. The smallest absolute Gasteiger partial charge is 0.155 e. The third-order valence-corrected chi connectivity index (χ3v) is 2.10. The zero-order valence-corrected chi connectivity index (χ0v) is 8.45. The van der Waals surface area contributed by atoms with Crippen LogP contribution in [0.1, 0.15) is 25.8 Å². The summed E-state index contributed by atoms with van der Waals surface area (Å²) in [4.78, 5) is 11.1. The highest BCUT2D eigenvalue weighted by Crippen LogP contribution is 2.20. The molecule has 0 saturated carbocycles. The minimum Gasteiger partial charge on any atom is -0.507 e. The SMILES string of the molecule is CC/C(=C\c1ccccc1O)C(C)=O. The van der Waals surface area contributed by atoms with E-state index in [1.807, 2.05) is 13.0 Å². The van der Waals surface area contributed by atoms with Crippen molar-refractivity contribution in [3.63, 3.8) is 0 Å². The van der Waals surface area contributed by atoms with Gasteiger partial charge in [-0.15, -0.1) is 0 Å². The van der Waals surface area contributed by atoms with Crippen LogP contribution in [0.4, 0.5) is 0 Å². The maximum Gasteiger partial charge on any atom is 0.155 e. The van der Waals surface area contributed by atoms with E-state index in [0.717, 1.165) is 5.57 Å². The zero-order valence-electron chi connectivity index (χ0n) is 8.45. The van der Waals surface area contributed by atoms with Gasteiger partial charge in [-0.1, -0.05) is 25.1 Å². The zero-order chi connectivity index (χ0) is 10.6. The van der Waals surface area contributed by atoms with Crippen molar-refractivity contribution in [3.05, 3.63) is 35.4 Å². The molecule has 1 N–H and O–H groups in total. The number of hydrogen-bond donors (Lipinski definition) is 1. The van der Waals surface area contributed by atoms with Crippen LogP contribution in [0.2, 0.25) is 0 Å². The number of carbonyl (C=O) groups is 1. The van der Waals surface area contributed by atoms with Gasteiger partial charge in [-0.3, -0.25) is 4.79 Å². The number of benzene rings is 1. The third-order valence-electron chi connectivity index (χ3n) is 2.10. The van der Waals surface area contributed by atoms with Gasteiger partial charge in [0.15, 0.2) is 5.78 Å². The molecule has 0 unspecified atom stereocenters. The summed E-state index contributed by atoms with van der Waals surface area (Å²) in [5, 5.41) is 9.48. The van der Waals surface area contributed by atoms with Crippen LogP contribution in [-0.2, 0) is 4.79 Å². The van der Waals surface area contributed by atoms with E-state index in [0.29, 0.717) is 12.0 Å². The number of rotatable bonds is 3. The minimum absolute atomic E-state index is 0.0516. The molecule has 0 aliphatic heterocycles. The molecule has 1 aromatic carbocycles. The van der Waals surface area contributed by atoms with Crippen LogP contribution in [-0.4, -0.2) is 10.9 Å². The summed E-state index contributed by atoms with van der Waals surface area (Å²) in [5.41, 5.74) is 1.42. The number of para-hydroxylation sites is 1. The third kappa shape index (κ3) is 2.46. The molecular formula is C12H14O2. The van der Waals surface area contributed by atoms with Crippen LogP contribution in [0.5, 0.6) is 5.75 Å². The molecule has 0 amide bonds. The second-order valence-electron chi connectivity index (χ2n) is 3.14. The molecule has 0 saturated heterocycles. The van der Waals surface area contributed by atoms with Gasteiger partial charge in [-0.25, -0.2) is 0 Å². The van der Waals surface area contributed by atoms with E-state index in [1.165, 1.54) is 6.92 Å². The van der Waals surface area contributed by atoms with E-state index in [2.05, 4.69) is 0 Å². The second kappa shape index (κ2) is 4.61. The van der Waals surface area contributed by atoms with Gasteiger partial charge in [0.1, 0.15) is 5.75 Å². The summed E-state index contributed by atoms with van der Waals surface area (Å²) in [6, 6.07) is 6.98. The second-order valence-corrected chi connectivity index (χ2v) is 3.14. The molecule has 0 atom stereocenters. The molecule has 0 aliphatic carbocycles. The molecule has 0 fully saturated rings. The van der Waals surface area contributed by atoms with Crippen molar-refractivity contribution in [2.45, 2.75) is 20.3 Å². The predicted molar refractivity (Wildman–Crippen MR) is 57.1 cm³/mol. The van der Waals surface area contributed by atoms with E-state index < -0.39 is 0 Å². The first-order chi connectivity index (χ1) is 6.65. The number of phenolic OH excluding ortho intramolecular Hbond substituents is 1. The van der Waals surface area contributed by atoms with Crippen molar-refractivity contribution in [3.8, 4) is 5.75 Å². The lowest BCUT2D eigenvalue weighted by Gasteiger charge is -2.01. The van der Waals surface area contributed by atoms with Crippen molar-refractivity contribution in [2.24, 2.45) is 0 Å². The molecule has 14 heavy (non-hydrogen) atoms. The van der Waals surface area contributed by atoms with Crippen molar-refractivity contribution in [1.29, 1.82) is 0 Å². The van der Waals surface area contributed by atoms with Gasteiger partial charge in [-0.2, -0.15) is 0 Å². The molecule has 0 spiro atoms. The number of ketones is 1. The van der Waals surface area contributed by atoms with Gasteiger partial charge < -0.3 is 5.11 Å². The quantitative estimate of drug-likeness (QED) is 0.744. The van der Waals surface area contributed by atoms with Gasteiger partial charge in [-0.05, 0) is 31.1 Å². The Labute approximate surface area is 83.9 Å². The summed E-state index contributed by atoms with van der Waals surface area (Å²) in [6.45, 7) is 3.46. The van der Waals surface area contributed by atoms with E-state index in [1.54, 1.807) is 24.3 Å². The number of phenols is 1. The molecular weight excluding hydrogens is 176 g/mol. The summed E-state index contributed by atoms with van der Waals surface area (Å²) < 4.78 is 0. The van der Waals surface area contributed by atoms with Gasteiger partial charge in [0, 0.05) is 5.56 Å². The highest BCUT2D eigenvalue weighted by Gasteiger charge is 2.02. The minimum atomic E-state index is 0.0516. The number of carbonyl (C=O) groups excluding carboxylic acids is 1. The Hall–Kier alpha value is -1.57. The Morgan fingerprint density at radius 1 is 1.43 bits per heavy atom. The summed E-state index contributed by atoms with van der Waals surface area (Å²) >= 11 is 0. The Morgan fingerprint density at radius 2 is 2.07 bits per heavy atom. The molecule has 2 nitrogen and oxygen atoms in total. The lowest BCUT2D eigenvalue weighted by Crippen LogP contribution is -1.94. The Morgan fingerprint density at radius 3 is 2.57 bits per heavy atom. The van der Waals surface area contributed by atoms with Crippen LogP contribution < -0.4 is 0 Å². The standard InChI is InChI=1S/C12H14O2/c1-3-10(9(2)13)8-11-6-4-5-7-12(11)14/h4-8,14H,3H2,1-2H3/b10-8+. The maximum atomic E-state index is 11.1. The fraction of sp³-hybridized carbons (Fsp3) is 0.250. The lowest BCUT2D eigenvalue weighted by molar-refractivity contribution is -0.113. The largest absolute Gasteiger partial charge is 0.507 e. The average molecular weight is 190 g/mol. The molecule has 0 bridgehead atoms. The highest BCUT2D eigenvalue weighted by molar-refractivity contribution is 5.97. The monoisotopic (exact) mass is 190 g/mol. The van der Waals surface area contributed by atoms with E-state index in [-0.39, 0.29) is 11.5 Å². The van der Waals surface area contributed by atoms with E-state index in [4.69, 9.17) is 0 Å². The first kappa shape index (κ1) is 10.5. The van der Waals surface area contributed by atoms with Crippen LogP contribution in [0.3, 0.4) is 0 Å². The number of Topliss-reactive ketones (excluding diaryl/α,β-unsaturated/α-hetero) is 1. The molecule has 2 heteroatoms. The number of aromatic hydroxyl groups is 1.